The van der Waals surface area contributed by atoms with E-state index >= 15 is 0 Å². The lowest BCUT2D eigenvalue weighted by atomic mass is 10.0. The summed E-state index contributed by atoms with van der Waals surface area (Å²) in [6.45, 7) is 3.15. The molecule has 2 heterocycles. The first kappa shape index (κ1) is 21.3. The molecule has 1 aromatic carbocycles. The molecule has 0 saturated carbocycles. The second-order valence-electron chi connectivity index (χ2n) is 7.70. The van der Waals surface area contributed by atoms with Crippen molar-refractivity contribution in [1.82, 2.24) is 15.3 Å². The van der Waals surface area contributed by atoms with Gasteiger partial charge in [-0.3, -0.25) is 0 Å². The predicted molar refractivity (Wildman–Crippen MR) is 113 cm³/mol. The van der Waals surface area contributed by atoms with Gasteiger partial charge in [-0.15, -0.1) is 0 Å². The van der Waals surface area contributed by atoms with E-state index in [9.17, 15) is 5.11 Å². The normalized spacial score (nSPS) is 18.8. The topological polar surface area (TPSA) is 94.0 Å². The van der Waals surface area contributed by atoms with E-state index in [2.05, 4.69) is 20.2 Å². The number of nitrogens with one attached hydrogen (secondary N) is 1. The van der Waals surface area contributed by atoms with Crippen molar-refractivity contribution in [2.75, 3.05) is 56.7 Å². The van der Waals surface area contributed by atoms with Crippen LogP contribution in [0.1, 0.15) is 18.4 Å². The predicted octanol–water partition coefficient (Wildman–Crippen LogP) is 1.03. The Labute approximate surface area is 172 Å². The van der Waals surface area contributed by atoms with Crippen molar-refractivity contribution >= 4 is 11.6 Å². The summed E-state index contributed by atoms with van der Waals surface area (Å²) in [6, 6.07) is 9.82. The highest BCUT2D eigenvalue weighted by atomic mass is 16.5. The summed E-state index contributed by atoms with van der Waals surface area (Å²) in [5.41, 5.74) is 0.348. The van der Waals surface area contributed by atoms with E-state index in [4.69, 9.17) is 9.84 Å². The van der Waals surface area contributed by atoms with Gasteiger partial charge in [0.1, 0.15) is 23.7 Å². The molecule has 1 fully saturated rings. The van der Waals surface area contributed by atoms with Crippen molar-refractivity contribution in [2.24, 2.45) is 0 Å². The monoisotopic (exact) mass is 401 g/mol. The van der Waals surface area contributed by atoms with Crippen LogP contribution in [-0.4, -0.2) is 72.7 Å². The molecule has 3 N–H and O–H groups in total. The van der Waals surface area contributed by atoms with Crippen LogP contribution in [0, 0.1) is 0 Å². The molecule has 1 aromatic heterocycles. The van der Waals surface area contributed by atoms with Crippen LogP contribution in [0.25, 0.3) is 0 Å². The highest BCUT2D eigenvalue weighted by Crippen LogP contribution is 2.26. The van der Waals surface area contributed by atoms with Crippen LogP contribution in [0.2, 0.25) is 0 Å². The van der Waals surface area contributed by atoms with Crippen LogP contribution in [0.4, 0.5) is 11.6 Å². The maximum absolute atomic E-state index is 10.9. The number of hydrogen-bond donors (Lipinski definition) is 3. The van der Waals surface area contributed by atoms with Crippen LogP contribution in [0.15, 0.2) is 36.7 Å². The molecule has 1 aliphatic heterocycles. The highest BCUT2D eigenvalue weighted by Gasteiger charge is 2.36. The molecule has 8 heteroatoms. The van der Waals surface area contributed by atoms with Gasteiger partial charge in [0, 0.05) is 59.4 Å². The van der Waals surface area contributed by atoms with E-state index in [1.807, 2.05) is 49.3 Å². The molecule has 158 valence electrons. The fourth-order valence-electron chi connectivity index (χ4n) is 3.35. The molecule has 0 radical (unpaired) electrons. The zero-order chi connectivity index (χ0) is 20.7. The largest absolute Gasteiger partial charge is 0.494 e. The average molecular weight is 402 g/mol. The molecule has 0 aliphatic carbocycles. The van der Waals surface area contributed by atoms with Crippen molar-refractivity contribution in [3.63, 3.8) is 0 Å². The number of benzene rings is 1. The quantitative estimate of drug-likeness (QED) is 0.509. The van der Waals surface area contributed by atoms with E-state index in [1.54, 1.807) is 6.33 Å². The van der Waals surface area contributed by atoms with Crippen LogP contribution >= 0.6 is 0 Å². The summed E-state index contributed by atoms with van der Waals surface area (Å²) < 4.78 is 5.54. The molecule has 1 aliphatic rings. The van der Waals surface area contributed by atoms with Crippen molar-refractivity contribution < 1.29 is 14.9 Å². The summed E-state index contributed by atoms with van der Waals surface area (Å²) >= 11 is 0. The van der Waals surface area contributed by atoms with Gasteiger partial charge in [0.15, 0.2) is 0 Å². The van der Waals surface area contributed by atoms with Crippen LogP contribution in [0.5, 0.6) is 5.75 Å². The van der Waals surface area contributed by atoms with Gasteiger partial charge in [0.25, 0.3) is 0 Å². The zero-order valence-electron chi connectivity index (χ0n) is 17.2. The fraction of sp³-hybridized carbons (Fsp3) is 0.524. The SMILES string of the molecule is CN(C)c1cc(N2CCC(O)(CNCc3ccc(OCCCO)cc3)C2)ncn1. The molecule has 29 heavy (non-hydrogen) atoms. The lowest BCUT2D eigenvalue weighted by Crippen LogP contribution is -2.43. The van der Waals surface area contributed by atoms with E-state index < -0.39 is 5.60 Å². The molecule has 1 atom stereocenters. The van der Waals surface area contributed by atoms with Gasteiger partial charge in [-0.1, -0.05) is 12.1 Å². The highest BCUT2D eigenvalue weighted by molar-refractivity contribution is 5.50. The van der Waals surface area contributed by atoms with Gasteiger partial charge in [0.05, 0.1) is 12.2 Å². The number of rotatable bonds is 10. The second kappa shape index (κ2) is 9.87. The van der Waals surface area contributed by atoms with Crippen LogP contribution in [0.3, 0.4) is 0 Å². The molecule has 0 spiro atoms. The Morgan fingerprint density at radius 2 is 2.03 bits per heavy atom. The molecule has 2 aromatic rings. The Kier molecular flexibility index (Phi) is 7.24. The van der Waals surface area contributed by atoms with Crippen molar-refractivity contribution in [1.29, 1.82) is 0 Å². The molecular formula is C21H31N5O3. The minimum atomic E-state index is -0.781. The molecule has 8 nitrogen and oxygen atoms in total. The third-order valence-corrected chi connectivity index (χ3v) is 5.03. The van der Waals surface area contributed by atoms with E-state index in [1.165, 1.54) is 0 Å². The third kappa shape index (κ3) is 6.03. The second-order valence-corrected chi connectivity index (χ2v) is 7.70. The minimum absolute atomic E-state index is 0.135. The number of hydrogen-bond acceptors (Lipinski definition) is 8. The summed E-state index contributed by atoms with van der Waals surface area (Å²) in [7, 11) is 3.90. The number of ether oxygens (including phenoxy) is 1. The number of aromatic nitrogens is 2. The Hall–Kier alpha value is -2.42. The van der Waals surface area contributed by atoms with Gasteiger partial charge < -0.3 is 30.1 Å². The zero-order valence-corrected chi connectivity index (χ0v) is 17.2. The number of aliphatic hydroxyl groups excluding tert-OH is 1. The van der Waals surface area contributed by atoms with E-state index in [-0.39, 0.29) is 6.61 Å². The lowest BCUT2D eigenvalue weighted by molar-refractivity contribution is 0.0626. The maximum Gasteiger partial charge on any atom is 0.134 e. The summed E-state index contributed by atoms with van der Waals surface area (Å²) in [5.74, 6) is 2.50. The lowest BCUT2D eigenvalue weighted by Gasteiger charge is -2.24. The van der Waals surface area contributed by atoms with Crippen LogP contribution in [-0.2, 0) is 6.54 Å². The summed E-state index contributed by atoms with van der Waals surface area (Å²) in [4.78, 5) is 12.7. The average Bonchev–Trinajstić information content (AvgIpc) is 3.12. The maximum atomic E-state index is 10.9. The Balaban J connectivity index is 1.47. The summed E-state index contributed by atoms with van der Waals surface area (Å²) in [6.07, 6.45) is 2.89. The third-order valence-electron chi connectivity index (χ3n) is 5.03. The van der Waals surface area contributed by atoms with Gasteiger partial charge in [0.2, 0.25) is 0 Å². The van der Waals surface area contributed by atoms with Crippen LogP contribution < -0.4 is 19.9 Å². The molecule has 1 unspecified atom stereocenters. The number of anilines is 2. The van der Waals surface area contributed by atoms with Gasteiger partial charge >= 0.3 is 0 Å². The Morgan fingerprint density at radius 1 is 1.24 bits per heavy atom. The fourth-order valence-corrected chi connectivity index (χ4v) is 3.35. The Morgan fingerprint density at radius 3 is 2.76 bits per heavy atom. The molecule has 3 rings (SSSR count). The smallest absolute Gasteiger partial charge is 0.134 e. The first-order chi connectivity index (χ1) is 14.0. The van der Waals surface area contributed by atoms with Gasteiger partial charge in [-0.05, 0) is 24.1 Å². The van der Waals surface area contributed by atoms with Gasteiger partial charge in [-0.25, -0.2) is 9.97 Å². The van der Waals surface area contributed by atoms with E-state index in [0.29, 0.717) is 39.1 Å². The summed E-state index contributed by atoms with van der Waals surface area (Å²) in [5, 5.41) is 23.1. The van der Waals surface area contributed by atoms with E-state index in [0.717, 1.165) is 29.5 Å². The Bertz CT molecular complexity index is 771. The van der Waals surface area contributed by atoms with Crippen molar-refractivity contribution in [3.05, 3.63) is 42.2 Å². The first-order valence-electron chi connectivity index (χ1n) is 9.99. The van der Waals surface area contributed by atoms with Gasteiger partial charge in [-0.2, -0.15) is 0 Å². The molecule has 0 amide bonds. The minimum Gasteiger partial charge on any atom is -0.494 e. The number of nitrogens with zero attached hydrogens (tertiary/aromatic N) is 4. The molecular weight excluding hydrogens is 370 g/mol. The number of aliphatic hydroxyl groups is 2. The molecule has 0 bridgehead atoms. The van der Waals surface area contributed by atoms with Crippen molar-refractivity contribution in [2.45, 2.75) is 25.0 Å². The van der Waals surface area contributed by atoms with Crippen molar-refractivity contribution in [3.8, 4) is 5.75 Å². The molecule has 1 saturated heterocycles. The number of β-amino-alcohol motifs (C(OH)–C–C–N with tert-alkyl or cyclic N) is 1. The standard InChI is InChI=1S/C21H31N5O3/c1-25(2)19-12-20(24-16-23-19)26-9-8-21(28,15-26)14-22-13-17-4-6-18(7-5-17)29-11-3-10-27/h4-7,12,16,22,27-28H,3,8-11,13-15H2,1-2H3. The first-order valence-corrected chi connectivity index (χ1v) is 9.99.